The third-order valence-electron chi connectivity index (χ3n) is 9.08. The summed E-state index contributed by atoms with van der Waals surface area (Å²) in [5.41, 5.74) is 4.73. The van der Waals surface area contributed by atoms with Crippen LogP contribution in [0.3, 0.4) is 0 Å². The number of piperazine rings is 1. The first kappa shape index (κ1) is 31.2. The van der Waals surface area contributed by atoms with Gasteiger partial charge in [0, 0.05) is 81.7 Å². The molecular weight excluding hydrogens is 550 g/mol. The second-order valence-corrected chi connectivity index (χ2v) is 12.1. The average molecular weight is 598 g/mol. The summed E-state index contributed by atoms with van der Waals surface area (Å²) in [6.45, 7) is 12.4. The van der Waals surface area contributed by atoms with Gasteiger partial charge in [0.05, 0.1) is 18.8 Å². The lowest BCUT2D eigenvalue weighted by Gasteiger charge is -2.34. The quantitative estimate of drug-likeness (QED) is 0.301. The van der Waals surface area contributed by atoms with E-state index in [0.717, 1.165) is 115 Å². The van der Waals surface area contributed by atoms with Crippen LogP contribution >= 0.6 is 12.4 Å². The summed E-state index contributed by atoms with van der Waals surface area (Å²) in [4.78, 5) is 14.7. The van der Waals surface area contributed by atoms with Gasteiger partial charge in [-0.2, -0.15) is 4.98 Å². The smallest absolute Gasteiger partial charge is 0.224 e. The van der Waals surface area contributed by atoms with Crippen molar-refractivity contribution in [1.29, 1.82) is 0 Å². The largest absolute Gasteiger partial charge is 0.393 e. The Morgan fingerprint density at radius 1 is 1.02 bits per heavy atom. The van der Waals surface area contributed by atoms with E-state index in [2.05, 4.69) is 67.4 Å². The number of fused-ring (bicyclic) bond motifs is 1. The molecule has 1 atom stereocenters. The summed E-state index contributed by atoms with van der Waals surface area (Å²) in [5.74, 6) is 0.690. The monoisotopic (exact) mass is 597 g/mol. The molecule has 0 bridgehead atoms. The molecule has 0 spiro atoms. The van der Waals surface area contributed by atoms with Crippen LogP contribution in [0.1, 0.15) is 57.1 Å². The van der Waals surface area contributed by atoms with E-state index in [0.29, 0.717) is 18.1 Å². The molecule has 3 fully saturated rings. The Balaban J connectivity index is 0.00000353. The van der Waals surface area contributed by atoms with Crippen molar-refractivity contribution < 1.29 is 9.84 Å². The van der Waals surface area contributed by atoms with Crippen molar-refractivity contribution in [3.05, 3.63) is 42.2 Å². The van der Waals surface area contributed by atoms with Crippen LogP contribution in [-0.2, 0) is 11.3 Å². The zero-order chi connectivity index (χ0) is 28.0. The van der Waals surface area contributed by atoms with Gasteiger partial charge >= 0.3 is 0 Å². The number of rotatable bonds is 11. The molecule has 4 heterocycles. The second-order valence-electron chi connectivity index (χ2n) is 12.1. The molecule has 230 valence electrons. The van der Waals surface area contributed by atoms with E-state index in [9.17, 15) is 5.11 Å². The van der Waals surface area contributed by atoms with E-state index in [1.165, 1.54) is 16.7 Å². The minimum Gasteiger partial charge on any atom is -0.393 e. The van der Waals surface area contributed by atoms with Gasteiger partial charge < -0.3 is 25.0 Å². The Labute approximate surface area is 256 Å². The van der Waals surface area contributed by atoms with Crippen LogP contribution in [0.2, 0.25) is 0 Å². The number of nitrogens with zero attached hydrogens (tertiary/aromatic N) is 5. The fourth-order valence-electron chi connectivity index (χ4n) is 6.53. The number of aromatic nitrogens is 3. The van der Waals surface area contributed by atoms with Gasteiger partial charge in [-0.05, 0) is 56.2 Å². The van der Waals surface area contributed by atoms with Gasteiger partial charge in [-0.1, -0.05) is 31.2 Å². The highest BCUT2D eigenvalue weighted by Gasteiger charge is 2.25. The molecular formula is C32H48ClN7O2. The summed E-state index contributed by atoms with van der Waals surface area (Å²) < 4.78 is 8.37. The zero-order valence-electron chi connectivity index (χ0n) is 25.0. The number of hydrogen-bond acceptors (Lipinski definition) is 8. The Hall–Kier alpha value is -2.27. The van der Waals surface area contributed by atoms with E-state index in [4.69, 9.17) is 9.72 Å². The lowest BCUT2D eigenvalue weighted by Crippen LogP contribution is -2.47. The molecule has 2 saturated heterocycles. The van der Waals surface area contributed by atoms with Crippen LogP contribution < -0.4 is 10.6 Å². The average Bonchev–Trinajstić information content (AvgIpc) is 3.66. The van der Waals surface area contributed by atoms with E-state index >= 15 is 0 Å². The maximum atomic E-state index is 10.1. The predicted molar refractivity (Wildman–Crippen MR) is 171 cm³/mol. The van der Waals surface area contributed by atoms with Crippen molar-refractivity contribution in [1.82, 2.24) is 29.7 Å². The molecule has 1 unspecified atom stereocenters. The van der Waals surface area contributed by atoms with E-state index in [1.54, 1.807) is 0 Å². The number of anilines is 1. The zero-order valence-corrected chi connectivity index (χ0v) is 25.8. The van der Waals surface area contributed by atoms with Crippen LogP contribution in [0, 0.1) is 0 Å². The maximum absolute atomic E-state index is 10.1. The number of nitrogens with one attached hydrogen (secondary N) is 2. The molecule has 42 heavy (non-hydrogen) atoms. The minimum absolute atomic E-state index is 0. The highest BCUT2D eigenvalue weighted by atomic mass is 35.5. The predicted octanol–water partition coefficient (Wildman–Crippen LogP) is 4.31. The van der Waals surface area contributed by atoms with Crippen LogP contribution in [-0.4, -0.2) is 101 Å². The van der Waals surface area contributed by atoms with Crippen LogP contribution in [0.25, 0.3) is 22.2 Å². The Bertz CT molecular complexity index is 1250. The highest BCUT2D eigenvalue weighted by molar-refractivity contribution is 5.94. The molecule has 1 aliphatic carbocycles. The standard InChI is InChI=1S/C32H47N7O2.ClH/c1-2-12-34-32-35-21-29-30(23-39(31(29)36-32)26-7-9-27(40)10-8-26)25-5-3-24(4-6-25)22-38-16-14-37(15-17-38)18-19-41-28-11-13-33-20-28;/h3-6,21,23,26-28,33,40H,2,7-20,22H2,1H3,(H,34,35,36);1H. The topological polar surface area (TPSA) is 90.7 Å². The van der Waals surface area contributed by atoms with Crippen LogP contribution in [0.4, 0.5) is 5.95 Å². The molecule has 10 heteroatoms. The van der Waals surface area contributed by atoms with Gasteiger partial charge in [0.2, 0.25) is 5.95 Å². The third-order valence-corrected chi connectivity index (χ3v) is 9.08. The lowest BCUT2D eigenvalue weighted by atomic mass is 9.93. The minimum atomic E-state index is -0.173. The number of halogens is 1. The van der Waals surface area contributed by atoms with Crippen molar-refractivity contribution in [2.75, 3.05) is 64.3 Å². The first-order valence-corrected chi connectivity index (χ1v) is 15.8. The van der Waals surface area contributed by atoms with Crippen molar-refractivity contribution in [2.45, 2.75) is 70.2 Å². The maximum Gasteiger partial charge on any atom is 0.224 e. The first-order chi connectivity index (χ1) is 20.2. The molecule has 0 amide bonds. The van der Waals surface area contributed by atoms with Crippen molar-refractivity contribution in [3.63, 3.8) is 0 Å². The molecule has 2 aromatic heterocycles. The summed E-state index contributed by atoms with van der Waals surface area (Å²) in [7, 11) is 0. The van der Waals surface area contributed by atoms with Crippen LogP contribution in [0.15, 0.2) is 36.7 Å². The van der Waals surface area contributed by atoms with Gasteiger partial charge in [-0.25, -0.2) is 4.98 Å². The number of hydrogen-bond donors (Lipinski definition) is 3. The SMILES string of the molecule is CCCNc1ncc2c(-c3ccc(CN4CCN(CCOC5CCNC5)CC4)cc3)cn(C3CCC(O)CC3)c2n1.Cl. The van der Waals surface area contributed by atoms with E-state index in [-0.39, 0.29) is 18.5 Å². The summed E-state index contributed by atoms with van der Waals surface area (Å²) in [6.07, 6.45) is 10.3. The Morgan fingerprint density at radius 3 is 2.50 bits per heavy atom. The number of aliphatic hydroxyl groups excluding tert-OH is 1. The number of aliphatic hydroxyl groups is 1. The van der Waals surface area contributed by atoms with Crippen molar-refractivity contribution >= 4 is 29.4 Å². The Kier molecular flexibility index (Phi) is 11.1. The summed E-state index contributed by atoms with van der Waals surface area (Å²) >= 11 is 0. The van der Waals surface area contributed by atoms with E-state index in [1.807, 2.05) is 6.20 Å². The molecule has 3 aromatic rings. The van der Waals surface area contributed by atoms with Gasteiger partial charge in [0.25, 0.3) is 0 Å². The first-order valence-electron chi connectivity index (χ1n) is 15.8. The van der Waals surface area contributed by atoms with Gasteiger partial charge in [0.15, 0.2) is 0 Å². The molecule has 9 nitrogen and oxygen atoms in total. The van der Waals surface area contributed by atoms with Gasteiger partial charge in [0.1, 0.15) is 5.65 Å². The lowest BCUT2D eigenvalue weighted by molar-refractivity contribution is 0.0362. The van der Waals surface area contributed by atoms with Crippen molar-refractivity contribution in [3.8, 4) is 11.1 Å². The van der Waals surface area contributed by atoms with Crippen LogP contribution in [0.5, 0.6) is 0 Å². The molecule has 3 aliphatic rings. The summed E-state index contributed by atoms with van der Waals surface area (Å²) in [5, 5.41) is 17.9. The molecule has 6 rings (SSSR count). The normalized spacial score (nSPS) is 23.7. The molecule has 2 aliphatic heterocycles. The fraction of sp³-hybridized carbons (Fsp3) is 0.625. The number of ether oxygens (including phenoxy) is 1. The highest BCUT2D eigenvalue weighted by Crippen LogP contribution is 2.36. The number of benzene rings is 1. The molecule has 0 radical (unpaired) electrons. The molecule has 1 aromatic carbocycles. The van der Waals surface area contributed by atoms with Gasteiger partial charge in [-0.3, -0.25) is 9.80 Å². The molecule has 3 N–H and O–H groups in total. The summed E-state index contributed by atoms with van der Waals surface area (Å²) in [6, 6.07) is 9.43. The van der Waals surface area contributed by atoms with Gasteiger partial charge in [-0.15, -0.1) is 12.4 Å². The fourth-order valence-corrected chi connectivity index (χ4v) is 6.53. The van der Waals surface area contributed by atoms with Crippen molar-refractivity contribution in [2.24, 2.45) is 0 Å². The Morgan fingerprint density at radius 2 is 1.79 bits per heavy atom. The third kappa shape index (κ3) is 7.62. The second kappa shape index (κ2) is 14.9. The molecule has 1 saturated carbocycles. The van der Waals surface area contributed by atoms with E-state index < -0.39 is 0 Å².